The number of fused-ring (bicyclic) bond motifs is 8. The molecule has 0 N–H and O–H groups in total. The second kappa shape index (κ2) is 4.27. The Balaban J connectivity index is 2.21. The molecule has 0 unspecified atom stereocenters. The van der Waals surface area contributed by atoms with Crippen molar-refractivity contribution in [3.8, 4) is 0 Å². The van der Waals surface area contributed by atoms with Gasteiger partial charge in [0.15, 0.2) is 0 Å². The highest BCUT2D eigenvalue weighted by atomic mass is 79.9. The Bertz CT molecular complexity index is 1190. The van der Waals surface area contributed by atoms with E-state index < -0.39 is 0 Å². The third kappa shape index (κ3) is 1.50. The van der Waals surface area contributed by atoms with Crippen molar-refractivity contribution >= 4 is 59.7 Å². The average molecular weight is 349 g/mol. The summed E-state index contributed by atoms with van der Waals surface area (Å²) in [5, 5.41) is 5.66. The van der Waals surface area contributed by atoms with Crippen molar-refractivity contribution in [3.05, 3.63) is 59.3 Å². The molecule has 0 amide bonds. The zero-order chi connectivity index (χ0) is 14.7. The Labute approximate surface area is 133 Å². The van der Waals surface area contributed by atoms with Crippen LogP contribution in [0.4, 0.5) is 0 Å². The fourth-order valence-corrected chi connectivity index (χ4v) is 3.40. The lowest BCUT2D eigenvalue weighted by molar-refractivity contribution is 0.655. The summed E-state index contributed by atoms with van der Waals surface area (Å²) in [6, 6.07) is 16.7. The van der Waals surface area contributed by atoms with Crippen molar-refractivity contribution in [3.63, 3.8) is 0 Å². The van der Waals surface area contributed by atoms with Gasteiger partial charge in [-0.1, -0.05) is 48.5 Å². The molecule has 2 aromatic heterocycles. The molecule has 4 heteroatoms. The highest BCUT2D eigenvalue weighted by molar-refractivity contribution is 9.10. The van der Waals surface area contributed by atoms with E-state index in [1.165, 1.54) is 10.8 Å². The number of nitrogens with zero attached hydrogens (tertiary/aromatic N) is 2. The summed E-state index contributed by atoms with van der Waals surface area (Å²) in [4.78, 5) is 8.94. The largest absolute Gasteiger partial charge is 0.436 e. The molecular weight excluding hydrogens is 340 g/mol. The normalized spacial score (nSPS) is 11.9. The standard InChI is InChI=1S/C18H9BrN2O/c19-14-9-20-16-15-12-7-3-1-5-10(12)11-6-2-4-8-13(11)17(15)22-18(16)21-14/h1-9H. The second-order valence-corrected chi connectivity index (χ2v) is 6.06. The van der Waals surface area contributed by atoms with Gasteiger partial charge in [0.05, 0.1) is 11.6 Å². The van der Waals surface area contributed by atoms with Crippen LogP contribution in [0.25, 0.3) is 43.7 Å². The van der Waals surface area contributed by atoms with Crippen LogP contribution in [-0.2, 0) is 0 Å². The second-order valence-electron chi connectivity index (χ2n) is 5.24. The molecule has 3 aromatic carbocycles. The maximum absolute atomic E-state index is 6.05. The maximum Gasteiger partial charge on any atom is 0.247 e. The fourth-order valence-electron chi connectivity index (χ4n) is 3.14. The Hall–Kier alpha value is -2.46. The molecule has 0 bridgehead atoms. The van der Waals surface area contributed by atoms with Gasteiger partial charge in [-0.15, -0.1) is 0 Å². The smallest absolute Gasteiger partial charge is 0.247 e. The van der Waals surface area contributed by atoms with Crippen molar-refractivity contribution in [2.24, 2.45) is 0 Å². The first-order valence-electron chi connectivity index (χ1n) is 6.97. The number of furan rings is 1. The average Bonchev–Trinajstić information content (AvgIpc) is 2.94. The Morgan fingerprint density at radius 2 is 1.45 bits per heavy atom. The first kappa shape index (κ1) is 12.1. The molecule has 104 valence electrons. The lowest BCUT2D eigenvalue weighted by Crippen LogP contribution is -1.82. The molecule has 0 atom stereocenters. The lowest BCUT2D eigenvalue weighted by Gasteiger charge is -2.05. The fraction of sp³-hybridized carbons (Fsp3) is 0. The van der Waals surface area contributed by atoms with E-state index >= 15 is 0 Å². The Morgan fingerprint density at radius 1 is 0.818 bits per heavy atom. The van der Waals surface area contributed by atoms with Crippen molar-refractivity contribution < 1.29 is 4.42 Å². The molecule has 0 aliphatic heterocycles. The number of aromatic nitrogens is 2. The van der Waals surface area contributed by atoms with Gasteiger partial charge in [0.1, 0.15) is 15.7 Å². The first-order valence-corrected chi connectivity index (χ1v) is 7.76. The summed E-state index contributed by atoms with van der Waals surface area (Å²) in [7, 11) is 0. The SMILES string of the molecule is Brc1cnc2c(n1)oc1c3ccccc3c3ccccc3c21. The monoisotopic (exact) mass is 348 g/mol. The summed E-state index contributed by atoms with van der Waals surface area (Å²) in [5.74, 6) is 0. The van der Waals surface area contributed by atoms with E-state index in [0.717, 1.165) is 27.3 Å². The van der Waals surface area contributed by atoms with E-state index in [1.54, 1.807) is 6.20 Å². The highest BCUT2D eigenvalue weighted by Crippen LogP contribution is 2.39. The molecule has 5 aromatic rings. The van der Waals surface area contributed by atoms with Crippen LogP contribution in [-0.4, -0.2) is 9.97 Å². The third-order valence-corrected chi connectivity index (χ3v) is 4.41. The molecule has 0 aliphatic carbocycles. The molecule has 0 aliphatic rings. The molecule has 0 saturated heterocycles. The summed E-state index contributed by atoms with van der Waals surface area (Å²) < 4.78 is 6.72. The van der Waals surface area contributed by atoms with E-state index in [4.69, 9.17) is 4.42 Å². The first-order chi connectivity index (χ1) is 10.8. The number of benzene rings is 3. The Morgan fingerprint density at radius 3 is 2.23 bits per heavy atom. The van der Waals surface area contributed by atoms with Crippen LogP contribution in [0.1, 0.15) is 0 Å². The molecule has 0 saturated carbocycles. The van der Waals surface area contributed by atoms with Crippen LogP contribution >= 0.6 is 15.9 Å². The highest BCUT2D eigenvalue weighted by Gasteiger charge is 2.16. The summed E-state index contributed by atoms with van der Waals surface area (Å²) in [6.45, 7) is 0. The topological polar surface area (TPSA) is 38.9 Å². The molecule has 2 heterocycles. The minimum atomic E-state index is 0.561. The van der Waals surface area contributed by atoms with Gasteiger partial charge < -0.3 is 4.42 Å². The van der Waals surface area contributed by atoms with Gasteiger partial charge in [0, 0.05) is 5.39 Å². The van der Waals surface area contributed by atoms with Crippen LogP contribution in [0.3, 0.4) is 0 Å². The van der Waals surface area contributed by atoms with E-state index in [1.807, 2.05) is 12.1 Å². The van der Waals surface area contributed by atoms with Gasteiger partial charge in [0.2, 0.25) is 5.71 Å². The number of halogens is 1. The van der Waals surface area contributed by atoms with E-state index in [-0.39, 0.29) is 0 Å². The van der Waals surface area contributed by atoms with Gasteiger partial charge in [-0.2, -0.15) is 0 Å². The van der Waals surface area contributed by atoms with Crippen LogP contribution in [0.2, 0.25) is 0 Å². The van der Waals surface area contributed by atoms with Crippen LogP contribution in [0.15, 0.2) is 63.7 Å². The van der Waals surface area contributed by atoms with Gasteiger partial charge in [-0.25, -0.2) is 9.97 Å². The third-order valence-electron chi connectivity index (χ3n) is 4.03. The minimum absolute atomic E-state index is 0.561. The van der Waals surface area contributed by atoms with Crippen molar-refractivity contribution in [2.45, 2.75) is 0 Å². The molecular formula is C18H9BrN2O. The molecule has 3 nitrogen and oxygen atoms in total. The van der Waals surface area contributed by atoms with E-state index in [0.29, 0.717) is 10.3 Å². The summed E-state index contributed by atoms with van der Waals surface area (Å²) in [5.41, 5.74) is 2.22. The molecule has 22 heavy (non-hydrogen) atoms. The van der Waals surface area contributed by atoms with Gasteiger partial charge >= 0.3 is 0 Å². The zero-order valence-electron chi connectivity index (χ0n) is 11.4. The molecule has 5 rings (SSSR count). The van der Waals surface area contributed by atoms with Crippen LogP contribution < -0.4 is 0 Å². The molecule has 0 fully saturated rings. The van der Waals surface area contributed by atoms with Crippen molar-refractivity contribution in [1.29, 1.82) is 0 Å². The quantitative estimate of drug-likeness (QED) is 0.349. The number of rotatable bonds is 0. The summed E-state index contributed by atoms with van der Waals surface area (Å²) >= 11 is 3.36. The molecule has 0 spiro atoms. The lowest BCUT2D eigenvalue weighted by atomic mass is 9.98. The van der Waals surface area contributed by atoms with Crippen molar-refractivity contribution in [1.82, 2.24) is 9.97 Å². The van der Waals surface area contributed by atoms with Gasteiger partial charge in [-0.05, 0) is 32.1 Å². The zero-order valence-corrected chi connectivity index (χ0v) is 13.0. The van der Waals surface area contributed by atoms with Gasteiger partial charge in [0.25, 0.3) is 0 Å². The Kier molecular flexibility index (Phi) is 2.35. The van der Waals surface area contributed by atoms with Crippen LogP contribution in [0.5, 0.6) is 0 Å². The van der Waals surface area contributed by atoms with E-state index in [9.17, 15) is 0 Å². The number of hydrogen-bond acceptors (Lipinski definition) is 3. The molecule has 0 radical (unpaired) electrons. The van der Waals surface area contributed by atoms with Crippen molar-refractivity contribution in [2.75, 3.05) is 0 Å². The van der Waals surface area contributed by atoms with Crippen LogP contribution in [0, 0.1) is 0 Å². The maximum atomic E-state index is 6.05. The summed E-state index contributed by atoms with van der Waals surface area (Å²) in [6.07, 6.45) is 1.71. The minimum Gasteiger partial charge on any atom is -0.436 e. The number of hydrogen-bond donors (Lipinski definition) is 0. The van der Waals surface area contributed by atoms with E-state index in [2.05, 4.69) is 62.3 Å². The van der Waals surface area contributed by atoms with Gasteiger partial charge in [-0.3, -0.25) is 0 Å². The predicted octanol–water partition coefficient (Wildman–Crippen LogP) is 5.44. The predicted molar refractivity (Wildman–Crippen MR) is 92.0 cm³/mol.